The van der Waals surface area contributed by atoms with Crippen molar-refractivity contribution in [2.45, 2.75) is 62.6 Å². The van der Waals surface area contributed by atoms with Gasteiger partial charge in [-0.15, -0.1) is 0 Å². The second-order valence-corrected chi connectivity index (χ2v) is 22.6. The van der Waals surface area contributed by atoms with Crippen LogP contribution in [0.3, 0.4) is 0 Å². The minimum absolute atomic E-state index is 0.0108. The van der Waals surface area contributed by atoms with E-state index in [1.807, 2.05) is 5.32 Å². The average Bonchev–Trinajstić information content (AvgIpc) is 1.71. The number of carbonyl (C=O) groups is 2. The molecular weight excluding hydrogens is 1430 g/mol. The van der Waals surface area contributed by atoms with E-state index in [-0.39, 0.29) is 82.4 Å². The van der Waals surface area contributed by atoms with Gasteiger partial charge in [0, 0.05) is 34.9 Å². The molecule has 42 heteroatoms. The predicted octanol–water partition coefficient (Wildman–Crippen LogP) is 10.0. The number of alkyl halides is 6. The molecule has 3 unspecified atom stereocenters. The fraction of sp³-hybridized carbons (Fsp3) is 0.206. The monoisotopic (exact) mass is 1480 g/mol. The summed E-state index contributed by atoms with van der Waals surface area (Å²) >= 11 is 0. The highest BCUT2D eigenvalue weighted by Crippen LogP contribution is 2.35. The number of nitrogens with zero attached hydrogens (tertiary/aromatic N) is 15. The van der Waals surface area contributed by atoms with Gasteiger partial charge in [0.25, 0.3) is 5.60 Å². The average molecular weight is 1480 g/mol. The maximum Gasteiger partial charge on any atom is 0.429 e. The van der Waals surface area contributed by atoms with Crippen molar-refractivity contribution >= 4 is 29.4 Å². The summed E-state index contributed by atoms with van der Waals surface area (Å²) in [6.45, 7) is -2.14. The van der Waals surface area contributed by atoms with Crippen molar-refractivity contribution in [2.24, 2.45) is 0 Å². The third-order valence-corrected chi connectivity index (χ3v) is 14.9. The van der Waals surface area contributed by atoms with Gasteiger partial charge in [-0.25, -0.2) is 74.6 Å². The summed E-state index contributed by atoms with van der Waals surface area (Å²) < 4.78 is 209. The number of carboxylic acids is 2. The highest BCUT2D eigenvalue weighted by molar-refractivity contribution is 5.79. The second-order valence-electron chi connectivity index (χ2n) is 22.6. The normalized spacial score (nSPS) is 13.3. The van der Waals surface area contributed by atoms with E-state index in [1.165, 1.54) is 112 Å². The molecule has 0 amide bonds. The summed E-state index contributed by atoms with van der Waals surface area (Å²) in [4.78, 5) is 45.2. The third kappa shape index (κ3) is 17.1. The number of halogens is 14. The van der Waals surface area contributed by atoms with Gasteiger partial charge in [-0.05, 0) is 50.2 Å². The number of aliphatic hydroxyl groups is 3. The highest BCUT2D eigenvalue weighted by Gasteiger charge is 2.60. The molecule has 0 fully saturated rings. The smallest absolute Gasteiger partial charge is 0.429 e. The largest absolute Gasteiger partial charge is 0.479 e. The molecule has 9 aromatic heterocycles. The Morgan fingerprint density at radius 1 is 0.429 bits per heavy atom. The molecule has 12 aromatic rings. The van der Waals surface area contributed by atoms with E-state index in [1.54, 1.807) is 6.07 Å². The van der Waals surface area contributed by atoms with E-state index in [2.05, 4.69) is 71.3 Å². The van der Waals surface area contributed by atoms with E-state index >= 15 is 0 Å². The molecule has 0 aliphatic heterocycles. The third-order valence-electron chi connectivity index (χ3n) is 14.9. The summed E-state index contributed by atoms with van der Waals surface area (Å²) in [5.74, 6) is -14.2. The molecule has 0 saturated carbocycles. The zero-order valence-corrected chi connectivity index (χ0v) is 53.2. The molecule has 0 aliphatic rings. The zero-order chi connectivity index (χ0) is 75.9. The van der Waals surface area contributed by atoms with Gasteiger partial charge in [0.1, 0.15) is 58.8 Å². The Balaban J connectivity index is 0.000000169. The molecule has 3 atom stereocenters. The summed E-state index contributed by atoms with van der Waals surface area (Å²) in [6.07, 6.45) is -4.45. The molecule has 105 heavy (non-hydrogen) atoms. The first kappa shape index (κ1) is 75.1. The van der Waals surface area contributed by atoms with Crippen molar-refractivity contribution in [3.63, 3.8) is 0 Å². The first-order valence-corrected chi connectivity index (χ1v) is 29.7. The van der Waals surface area contributed by atoms with Crippen LogP contribution in [0.1, 0.15) is 30.5 Å². The van der Waals surface area contributed by atoms with Crippen LogP contribution in [0.15, 0.2) is 148 Å². The van der Waals surface area contributed by atoms with Gasteiger partial charge in [0.2, 0.25) is 0 Å². The summed E-state index contributed by atoms with van der Waals surface area (Å²) in [5.41, 5.74) is -7.15. The number of anilines is 3. The van der Waals surface area contributed by atoms with E-state index in [0.717, 1.165) is 25.3 Å². The first-order valence-electron chi connectivity index (χ1n) is 29.7. The topological polar surface area (TPSA) is 380 Å². The molecule has 548 valence electrons. The van der Waals surface area contributed by atoms with Gasteiger partial charge in [-0.3, -0.25) is 14.0 Å². The summed E-state index contributed by atoms with van der Waals surface area (Å²) in [7, 11) is 0. The molecule has 0 spiro atoms. The predicted molar refractivity (Wildman–Crippen MR) is 332 cm³/mol. The Morgan fingerprint density at radius 2 is 0.781 bits per heavy atom. The van der Waals surface area contributed by atoms with Gasteiger partial charge >= 0.3 is 24.3 Å². The van der Waals surface area contributed by atoms with Crippen molar-refractivity contribution in [1.29, 1.82) is 0 Å². The number of aromatic nitrogens is 15. The van der Waals surface area contributed by atoms with Crippen molar-refractivity contribution in [3.8, 4) is 68.7 Å². The number of aliphatic carboxylic acids is 2. The molecule has 3 aromatic carbocycles. The van der Waals surface area contributed by atoms with Crippen molar-refractivity contribution in [2.75, 3.05) is 35.6 Å². The van der Waals surface area contributed by atoms with Crippen molar-refractivity contribution in [3.05, 3.63) is 198 Å². The van der Waals surface area contributed by atoms with Crippen molar-refractivity contribution < 1.29 is 110 Å². The fourth-order valence-electron chi connectivity index (χ4n) is 9.08. The maximum absolute atomic E-state index is 14.2. The summed E-state index contributed by atoms with van der Waals surface area (Å²) in [5, 5.41) is 77.6. The van der Waals surface area contributed by atoms with Crippen LogP contribution in [0.25, 0.3) is 68.7 Å². The maximum atomic E-state index is 14.2. The van der Waals surface area contributed by atoms with Crippen LogP contribution in [-0.2, 0) is 29.2 Å². The number of hydrogen-bond acceptors (Lipinski definition) is 23. The fourth-order valence-corrected chi connectivity index (χ4v) is 9.08. The molecule has 8 N–H and O–H groups in total. The number of benzene rings is 3. The molecule has 0 bridgehead atoms. The Bertz CT molecular complexity index is 5060. The first-order chi connectivity index (χ1) is 49.6. The molecule has 9 heterocycles. The lowest BCUT2D eigenvalue weighted by atomic mass is 10.0. The molecule has 12 rings (SSSR count). The van der Waals surface area contributed by atoms with Crippen molar-refractivity contribution in [1.82, 2.24) is 74.7 Å². The number of carboxylic acid groups (broad SMARTS) is 2. The van der Waals surface area contributed by atoms with E-state index in [4.69, 9.17) is 23.8 Å². The van der Waals surface area contributed by atoms with Gasteiger partial charge in [0.05, 0.1) is 74.9 Å². The SMILES string of the molecule is CC(O)(CNc1nc(-c2cc(-c3ccon3)n(Cc3cccc(F)c3F)n2)ncc1F)C(=O)O.CC(O)(CNc1nc(-c2cc(-c3ccon3)n(Cc3cccc(F)c3F)n2)ncc1F)C(F)(F)F.O=C(O)C(O)(CNc1nc(-c2cc(-c3ccon3)n(Cc3ccccc3F)n2)ncc1F)C(F)(F)F. The zero-order valence-electron chi connectivity index (χ0n) is 53.2. The second kappa shape index (κ2) is 30.5. The molecule has 0 aliphatic carbocycles. The Labute approximate surface area is 577 Å². The van der Waals surface area contributed by atoms with Crippen LogP contribution in [0.5, 0.6) is 0 Å². The molecule has 28 nitrogen and oxygen atoms in total. The van der Waals surface area contributed by atoms with E-state index in [9.17, 15) is 86.4 Å². The Kier molecular flexibility index (Phi) is 21.8. The van der Waals surface area contributed by atoms with Crippen LogP contribution in [-0.4, -0.2) is 161 Å². The Morgan fingerprint density at radius 3 is 1.12 bits per heavy atom. The lowest BCUT2D eigenvalue weighted by Crippen LogP contribution is -2.56. The van der Waals surface area contributed by atoms with Gasteiger partial charge in [0.15, 0.2) is 86.8 Å². The van der Waals surface area contributed by atoms with Gasteiger partial charge < -0.3 is 55.1 Å². The lowest BCUT2D eigenvalue weighted by molar-refractivity contribution is -0.255. The van der Waals surface area contributed by atoms with Crippen LogP contribution >= 0.6 is 0 Å². The lowest BCUT2D eigenvalue weighted by Gasteiger charge is -2.26. The highest BCUT2D eigenvalue weighted by atomic mass is 19.4. The van der Waals surface area contributed by atoms with Crippen LogP contribution < -0.4 is 16.0 Å². The van der Waals surface area contributed by atoms with E-state index < -0.39 is 119 Å². The molecule has 0 saturated heterocycles. The number of nitrogens with one attached hydrogen (secondary N) is 3. The van der Waals surface area contributed by atoms with E-state index in [0.29, 0.717) is 47.8 Å². The minimum atomic E-state index is -5.56. The van der Waals surface area contributed by atoms with Gasteiger partial charge in [-0.1, -0.05) is 57.9 Å². The molecular formula is C63H48F14N18O10. The molecule has 0 radical (unpaired) electrons. The number of rotatable bonds is 23. The quantitative estimate of drug-likeness (QED) is 0.0276. The van der Waals surface area contributed by atoms with Crippen LogP contribution in [0.4, 0.5) is 78.9 Å². The van der Waals surface area contributed by atoms with Gasteiger partial charge in [-0.2, -0.15) is 41.6 Å². The number of hydrogen-bond donors (Lipinski definition) is 8. The standard InChI is InChI=1S/C21H16F6N6O2.C21H15F5N6O4.C21H17F3N6O4/c1-20(34,21(25,26)27)10-29-18-13(23)8-28-19(30-18)15-7-16(14-5-6-35-32-14)33(31-15)9-11-3-2-4-12(22)17(11)24;22-12-4-2-1-3-11(12)9-32-16(14-5-6-36-31-14)7-15(30-32)18-27-8-13(23)17(29-18)28-10-20(35,19(33)34)21(24,25)26;1-21(33,20(31)32)10-26-18-13(23)8-25-19(27-18)15-7-16(14-5-6-34-29-14)30(28-15)9-11-3-2-4-12(22)17(11)24/h2-8,34H,9-10H2,1H3,(H,28,29,30);1-8,35H,9-10H2,(H,33,34)(H,27,28,29);2-8,33H,9-10H2,1H3,(H,31,32)(H,25,26,27). The van der Waals surface area contributed by atoms with Crippen LogP contribution in [0, 0.1) is 46.5 Å². The Hall–Kier alpha value is -12.6. The minimum Gasteiger partial charge on any atom is -0.479 e. The van der Waals surface area contributed by atoms with Crippen LogP contribution in [0.2, 0.25) is 0 Å². The summed E-state index contributed by atoms with van der Waals surface area (Å²) in [6, 6.07) is 22.2.